The molecule has 0 saturated heterocycles. The van der Waals surface area contributed by atoms with Crippen molar-refractivity contribution in [1.82, 2.24) is 9.78 Å². The van der Waals surface area contributed by atoms with Crippen LogP contribution in [0, 0.1) is 0 Å². The molecule has 0 saturated carbocycles. The highest BCUT2D eigenvalue weighted by atomic mass is 19.4. The number of aryl methyl sites for hydroxylation is 1. The molecule has 0 bridgehead atoms. The lowest BCUT2D eigenvalue weighted by molar-refractivity contribution is -0.274. The van der Waals surface area contributed by atoms with Gasteiger partial charge in [-0.25, -0.2) is 0 Å². The first kappa shape index (κ1) is 12.3. The Kier molecular flexibility index (Phi) is 2.90. The zero-order valence-corrected chi connectivity index (χ0v) is 9.40. The van der Waals surface area contributed by atoms with Gasteiger partial charge in [-0.05, 0) is 24.3 Å². The van der Waals surface area contributed by atoms with Gasteiger partial charge in [0.05, 0.1) is 17.6 Å². The molecule has 2 rings (SSSR count). The van der Waals surface area contributed by atoms with Crippen LogP contribution in [0.5, 0.6) is 5.75 Å². The van der Waals surface area contributed by atoms with E-state index >= 15 is 0 Å². The zero-order valence-electron chi connectivity index (χ0n) is 9.40. The van der Waals surface area contributed by atoms with Crippen molar-refractivity contribution in [3.05, 3.63) is 30.5 Å². The minimum atomic E-state index is -4.69. The van der Waals surface area contributed by atoms with E-state index in [9.17, 15) is 13.2 Å². The molecule has 4 nitrogen and oxygen atoms in total. The average molecular weight is 257 g/mol. The predicted octanol–water partition coefficient (Wildman–Crippen LogP) is 2.57. The highest BCUT2D eigenvalue weighted by Crippen LogP contribution is 2.28. The van der Waals surface area contributed by atoms with Crippen LogP contribution in [0.4, 0.5) is 18.9 Å². The minimum absolute atomic E-state index is 0.271. The Bertz CT molecular complexity index is 526. The fourth-order valence-electron chi connectivity index (χ4n) is 1.62. The van der Waals surface area contributed by atoms with Crippen LogP contribution in [-0.4, -0.2) is 16.1 Å². The third-order valence-electron chi connectivity index (χ3n) is 2.33. The molecule has 0 unspecified atom stereocenters. The van der Waals surface area contributed by atoms with Crippen LogP contribution in [0.3, 0.4) is 0 Å². The highest BCUT2D eigenvalue weighted by Gasteiger charge is 2.31. The van der Waals surface area contributed by atoms with E-state index in [1.165, 1.54) is 30.5 Å². The Morgan fingerprint density at radius 2 is 1.83 bits per heavy atom. The number of nitrogens with two attached hydrogens (primary N) is 1. The Morgan fingerprint density at radius 3 is 2.28 bits per heavy atom. The summed E-state index contributed by atoms with van der Waals surface area (Å²) in [5.41, 5.74) is 7.49. The van der Waals surface area contributed by atoms with Gasteiger partial charge in [-0.3, -0.25) is 4.68 Å². The van der Waals surface area contributed by atoms with E-state index in [1.54, 1.807) is 11.7 Å². The van der Waals surface area contributed by atoms with Crippen LogP contribution < -0.4 is 10.5 Å². The Morgan fingerprint density at radius 1 is 1.22 bits per heavy atom. The van der Waals surface area contributed by atoms with Crippen LogP contribution in [0.25, 0.3) is 11.3 Å². The van der Waals surface area contributed by atoms with E-state index in [4.69, 9.17) is 5.73 Å². The lowest BCUT2D eigenvalue weighted by Gasteiger charge is -2.09. The van der Waals surface area contributed by atoms with Crippen molar-refractivity contribution >= 4 is 5.69 Å². The van der Waals surface area contributed by atoms with Gasteiger partial charge in [0.25, 0.3) is 0 Å². The number of hydrogen-bond donors (Lipinski definition) is 1. The molecular weight excluding hydrogens is 247 g/mol. The summed E-state index contributed by atoms with van der Waals surface area (Å²) in [4.78, 5) is 0. The molecule has 2 aromatic rings. The summed E-state index contributed by atoms with van der Waals surface area (Å²) in [7, 11) is 1.70. The molecule has 18 heavy (non-hydrogen) atoms. The average Bonchev–Trinajstić information content (AvgIpc) is 2.58. The number of benzene rings is 1. The Hall–Kier alpha value is -2.18. The number of nitrogens with zero attached hydrogens (tertiary/aromatic N) is 2. The van der Waals surface area contributed by atoms with E-state index in [2.05, 4.69) is 9.84 Å². The second-order valence-electron chi connectivity index (χ2n) is 3.64. The summed E-state index contributed by atoms with van der Waals surface area (Å²) in [6.07, 6.45) is -3.21. The maximum Gasteiger partial charge on any atom is 0.573 e. The molecular formula is C11H10F3N3O. The molecule has 96 valence electrons. The first-order valence-corrected chi connectivity index (χ1v) is 5.00. The fraction of sp³-hybridized carbons (Fsp3) is 0.182. The quantitative estimate of drug-likeness (QED) is 0.899. The lowest BCUT2D eigenvalue weighted by atomic mass is 10.1. The third-order valence-corrected chi connectivity index (χ3v) is 2.33. The van der Waals surface area contributed by atoms with Crippen molar-refractivity contribution in [2.45, 2.75) is 6.36 Å². The summed E-state index contributed by atoms with van der Waals surface area (Å²) >= 11 is 0. The largest absolute Gasteiger partial charge is 0.573 e. The van der Waals surface area contributed by atoms with Crippen LogP contribution in [-0.2, 0) is 7.05 Å². The van der Waals surface area contributed by atoms with Crippen LogP contribution in [0.1, 0.15) is 0 Å². The SMILES string of the molecule is Cn1ncc(N)c1-c1ccc(OC(F)(F)F)cc1. The molecule has 0 aliphatic carbocycles. The van der Waals surface area contributed by atoms with Gasteiger partial charge in [0, 0.05) is 12.6 Å². The summed E-state index contributed by atoms with van der Waals surface area (Å²) in [6.45, 7) is 0. The van der Waals surface area contributed by atoms with Gasteiger partial charge in [0.1, 0.15) is 5.75 Å². The first-order chi connectivity index (χ1) is 8.37. The minimum Gasteiger partial charge on any atom is -0.406 e. The van der Waals surface area contributed by atoms with Crippen molar-refractivity contribution < 1.29 is 17.9 Å². The number of alkyl halides is 3. The topological polar surface area (TPSA) is 53.1 Å². The number of anilines is 1. The lowest BCUT2D eigenvalue weighted by Crippen LogP contribution is -2.16. The monoisotopic (exact) mass is 257 g/mol. The van der Waals surface area contributed by atoms with Crippen molar-refractivity contribution in [1.29, 1.82) is 0 Å². The molecule has 1 heterocycles. The first-order valence-electron chi connectivity index (χ1n) is 5.00. The van der Waals surface area contributed by atoms with Gasteiger partial charge in [0.2, 0.25) is 0 Å². The van der Waals surface area contributed by atoms with E-state index in [1.807, 2.05) is 0 Å². The molecule has 0 radical (unpaired) electrons. The zero-order chi connectivity index (χ0) is 13.3. The molecule has 7 heteroatoms. The molecule has 1 aromatic carbocycles. The van der Waals surface area contributed by atoms with Crippen LogP contribution in [0.2, 0.25) is 0 Å². The predicted molar refractivity (Wildman–Crippen MR) is 59.7 cm³/mol. The number of ether oxygens (including phenoxy) is 1. The smallest absolute Gasteiger partial charge is 0.406 e. The molecule has 0 atom stereocenters. The number of rotatable bonds is 2. The molecule has 0 aliphatic heterocycles. The van der Waals surface area contributed by atoms with Crippen molar-refractivity contribution in [2.24, 2.45) is 7.05 Å². The van der Waals surface area contributed by atoms with Crippen molar-refractivity contribution in [3.8, 4) is 17.0 Å². The maximum absolute atomic E-state index is 12.0. The van der Waals surface area contributed by atoms with Gasteiger partial charge in [0.15, 0.2) is 0 Å². The van der Waals surface area contributed by atoms with Gasteiger partial charge in [-0.2, -0.15) is 5.10 Å². The second-order valence-corrected chi connectivity index (χ2v) is 3.64. The molecule has 0 spiro atoms. The molecule has 0 fully saturated rings. The fourth-order valence-corrected chi connectivity index (χ4v) is 1.62. The summed E-state index contributed by atoms with van der Waals surface area (Å²) in [6, 6.07) is 5.45. The number of hydrogen-bond acceptors (Lipinski definition) is 3. The van der Waals surface area contributed by atoms with E-state index in [0.717, 1.165) is 0 Å². The van der Waals surface area contributed by atoms with Crippen LogP contribution in [0.15, 0.2) is 30.5 Å². The molecule has 0 amide bonds. The highest BCUT2D eigenvalue weighted by molar-refractivity contribution is 5.72. The van der Waals surface area contributed by atoms with E-state index in [-0.39, 0.29) is 5.75 Å². The normalized spacial score (nSPS) is 11.6. The third kappa shape index (κ3) is 2.55. The number of halogens is 3. The standard InChI is InChI=1S/C11H10F3N3O/c1-17-10(9(15)6-16-17)7-2-4-8(5-3-7)18-11(12,13)14/h2-6H,15H2,1H3. The molecule has 0 aliphatic rings. The van der Waals surface area contributed by atoms with Crippen molar-refractivity contribution in [2.75, 3.05) is 5.73 Å². The molecule has 1 aromatic heterocycles. The van der Waals surface area contributed by atoms with E-state index in [0.29, 0.717) is 16.9 Å². The second kappa shape index (κ2) is 4.25. The van der Waals surface area contributed by atoms with Gasteiger partial charge in [-0.1, -0.05) is 0 Å². The summed E-state index contributed by atoms with van der Waals surface area (Å²) < 4.78 is 41.3. The Balaban J connectivity index is 2.28. The summed E-state index contributed by atoms with van der Waals surface area (Å²) in [5.74, 6) is -0.271. The van der Waals surface area contributed by atoms with Gasteiger partial charge in [-0.15, -0.1) is 13.2 Å². The van der Waals surface area contributed by atoms with E-state index < -0.39 is 6.36 Å². The van der Waals surface area contributed by atoms with Gasteiger partial charge < -0.3 is 10.5 Å². The number of nitrogen functional groups attached to an aromatic ring is 1. The van der Waals surface area contributed by atoms with Crippen molar-refractivity contribution in [3.63, 3.8) is 0 Å². The van der Waals surface area contributed by atoms with Crippen LogP contribution >= 0.6 is 0 Å². The summed E-state index contributed by atoms with van der Waals surface area (Å²) in [5, 5.41) is 3.95. The number of aromatic nitrogens is 2. The Labute approximate surface area is 101 Å². The maximum atomic E-state index is 12.0. The molecule has 2 N–H and O–H groups in total. The van der Waals surface area contributed by atoms with Gasteiger partial charge >= 0.3 is 6.36 Å².